The van der Waals surface area contributed by atoms with Crippen LogP contribution >= 0.6 is 0 Å². The molecule has 0 amide bonds. The van der Waals surface area contributed by atoms with Gasteiger partial charge in [0.25, 0.3) is 0 Å². The van der Waals surface area contributed by atoms with E-state index in [2.05, 4.69) is 35.1 Å². The maximum atomic E-state index is 5.85. The Labute approximate surface area is 133 Å². The highest BCUT2D eigenvalue weighted by molar-refractivity contribution is 4.40. The Morgan fingerprint density at radius 3 is 1.57 bits per heavy atom. The van der Waals surface area contributed by atoms with Crippen LogP contribution in [0.2, 0.25) is 0 Å². The maximum Gasteiger partial charge on any atom is 0.102 e. The van der Waals surface area contributed by atoms with E-state index >= 15 is 0 Å². The van der Waals surface area contributed by atoms with E-state index in [4.69, 9.17) is 9.47 Å². The average Bonchev–Trinajstić information content (AvgIpc) is 2.38. The number of likely N-dealkylation sites (N-methyl/N-ethyl adjacent to an activating group) is 2. The largest absolute Gasteiger partial charge is 0.376 e. The highest BCUT2D eigenvalue weighted by Gasteiger charge is 2.16. The fourth-order valence-corrected chi connectivity index (χ4v) is 2.19. The van der Waals surface area contributed by atoms with Crippen molar-refractivity contribution in [3.05, 3.63) is 0 Å². The zero-order chi connectivity index (χ0) is 16.2. The minimum Gasteiger partial charge on any atom is -0.376 e. The van der Waals surface area contributed by atoms with E-state index in [-0.39, 0.29) is 0 Å². The van der Waals surface area contributed by atoms with Gasteiger partial charge in [-0.05, 0) is 19.8 Å². The van der Waals surface area contributed by atoms with Crippen LogP contribution in [0, 0.1) is 0 Å². The van der Waals surface area contributed by atoms with Crippen LogP contribution in [0.5, 0.6) is 0 Å². The van der Waals surface area contributed by atoms with E-state index in [9.17, 15) is 0 Å². The van der Waals surface area contributed by atoms with E-state index in [1.807, 2.05) is 6.92 Å². The summed E-state index contributed by atoms with van der Waals surface area (Å²) in [5.41, 5.74) is 0. The normalized spacial score (nSPS) is 12.9. The molecule has 0 aromatic carbocycles. The molecule has 128 valence electrons. The first-order valence-corrected chi connectivity index (χ1v) is 8.62. The van der Waals surface area contributed by atoms with Gasteiger partial charge in [0.1, 0.15) is 19.6 Å². The minimum atomic E-state index is 0.807. The molecule has 0 bridgehead atoms. The molecule has 0 radical (unpaired) electrons. The molecule has 0 aliphatic rings. The van der Waals surface area contributed by atoms with E-state index in [1.54, 1.807) is 0 Å². The van der Waals surface area contributed by atoms with Gasteiger partial charge >= 0.3 is 0 Å². The molecule has 0 aliphatic heterocycles. The predicted octanol–water partition coefficient (Wildman–Crippen LogP) is 2.38. The van der Waals surface area contributed by atoms with Crippen molar-refractivity contribution in [2.45, 2.75) is 33.1 Å². The first-order chi connectivity index (χ1) is 9.83. The van der Waals surface area contributed by atoms with Crippen molar-refractivity contribution in [3.63, 3.8) is 0 Å². The number of ether oxygens (including phenoxy) is 2. The van der Waals surface area contributed by atoms with E-state index < -0.39 is 0 Å². The standard InChI is InChI=1S/C17H40N2O2/c1-7-9-10-11-18(3,4)13-16-21-17-14-19(5,6)12-15-20-8-2/h7-17H2,1-6H3/q+2. The fraction of sp³-hybridized carbons (Fsp3) is 1.00. The van der Waals surface area contributed by atoms with Crippen LogP contribution in [0.25, 0.3) is 0 Å². The third-order valence-corrected chi connectivity index (χ3v) is 4.09. The molecule has 0 saturated heterocycles. The lowest BCUT2D eigenvalue weighted by Gasteiger charge is -2.31. The van der Waals surface area contributed by atoms with Crippen molar-refractivity contribution < 1.29 is 18.4 Å². The Balaban J connectivity index is 3.65. The summed E-state index contributed by atoms with van der Waals surface area (Å²) in [5, 5.41) is 0. The second-order valence-corrected chi connectivity index (χ2v) is 7.28. The zero-order valence-electron chi connectivity index (χ0n) is 15.5. The molecular weight excluding hydrogens is 264 g/mol. The smallest absolute Gasteiger partial charge is 0.102 e. The van der Waals surface area contributed by atoms with Crippen LogP contribution in [-0.4, -0.2) is 89.8 Å². The molecule has 0 fully saturated rings. The first-order valence-electron chi connectivity index (χ1n) is 8.62. The summed E-state index contributed by atoms with van der Waals surface area (Å²) >= 11 is 0. The summed E-state index contributed by atoms with van der Waals surface area (Å²) in [6.07, 6.45) is 3.96. The van der Waals surface area contributed by atoms with Gasteiger partial charge in [-0.1, -0.05) is 13.3 Å². The number of hydrogen-bond acceptors (Lipinski definition) is 2. The Hall–Kier alpha value is -0.160. The minimum absolute atomic E-state index is 0.807. The highest BCUT2D eigenvalue weighted by Crippen LogP contribution is 2.04. The van der Waals surface area contributed by atoms with Crippen molar-refractivity contribution in [2.75, 3.05) is 80.8 Å². The highest BCUT2D eigenvalue weighted by atomic mass is 16.5. The first kappa shape index (κ1) is 20.8. The lowest BCUT2D eigenvalue weighted by molar-refractivity contribution is -0.894. The SMILES string of the molecule is CCCCC[N+](C)(C)CCOCC[N+](C)(C)CCOCC. The van der Waals surface area contributed by atoms with E-state index in [1.165, 1.54) is 25.8 Å². The van der Waals surface area contributed by atoms with E-state index in [0.717, 1.165) is 55.0 Å². The molecule has 0 saturated carbocycles. The van der Waals surface area contributed by atoms with Crippen LogP contribution in [0.1, 0.15) is 33.1 Å². The van der Waals surface area contributed by atoms with Gasteiger partial charge in [0, 0.05) is 6.61 Å². The average molecular weight is 305 g/mol. The lowest BCUT2D eigenvalue weighted by Crippen LogP contribution is -2.46. The molecule has 0 heterocycles. The molecule has 4 nitrogen and oxygen atoms in total. The second-order valence-electron chi connectivity index (χ2n) is 7.28. The molecule has 0 rings (SSSR count). The summed E-state index contributed by atoms with van der Waals surface area (Å²) in [6.45, 7) is 12.1. The predicted molar refractivity (Wildman–Crippen MR) is 90.5 cm³/mol. The fourth-order valence-electron chi connectivity index (χ4n) is 2.19. The monoisotopic (exact) mass is 304 g/mol. The summed E-state index contributed by atoms with van der Waals surface area (Å²) in [5.74, 6) is 0. The van der Waals surface area contributed by atoms with Gasteiger partial charge in [-0.3, -0.25) is 0 Å². The van der Waals surface area contributed by atoms with Crippen LogP contribution in [0.3, 0.4) is 0 Å². The number of nitrogens with zero attached hydrogens (tertiary/aromatic N) is 2. The van der Waals surface area contributed by atoms with Crippen molar-refractivity contribution in [2.24, 2.45) is 0 Å². The van der Waals surface area contributed by atoms with Crippen molar-refractivity contribution >= 4 is 0 Å². The third-order valence-electron chi connectivity index (χ3n) is 4.09. The Morgan fingerprint density at radius 1 is 0.619 bits per heavy atom. The molecule has 21 heavy (non-hydrogen) atoms. The van der Waals surface area contributed by atoms with Crippen molar-refractivity contribution in [1.82, 2.24) is 0 Å². The van der Waals surface area contributed by atoms with Crippen LogP contribution in [-0.2, 0) is 9.47 Å². The topological polar surface area (TPSA) is 18.5 Å². The molecular formula is C17H40N2O2+2. The molecule has 0 spiro atoms. The third kappa shape index (κ3) is 13.2. The number of rotatable bonds is 14. The quantitative estimate of drug-likeness (QED) is 0.362. The van der Waals surface area contributed by atoms with Crippen molar-refractivity contribution in [1.29, 1.82) is 0 Å². The lowest BCUT2D eigenvalue weighted by atomic mass is 10.2. The molecule has 4 heteroatoms. The molecule has 0 atom stereocenters. The van der Waals surface area contributed by atoms with Gasteiger partial charge in [0.2, 0.25) is 0 Å². The molecule has 0 aromatic heterocycles. The molecule has 0 unspecified atom stereocenters. The van der Waals surface area contributed by atoms with E-state index in [0.29, 0.717) is 0 Å². The Bertz CT molecular complexity index is 219. The number of unbranched alkanes of at least 4 members (excludes halogenated alkanes) is 2. The summed E-state index contributed by atoms with van der Waals surface area (Å²) < 4.78 is 13.3. The van der Waals surface area contributed by atoms with Gasteiger partial charge in [-0.25, -0.2) is 0 Å². The Kier molecular flexibility index (Phi) is 11.3. The number of hydrogen-bond donors (Lipinski definition) is 0. The summed E-state index contributed by atoms with van der Waals surface area (Å²) in [7, 11) is 9.10. The van der Waals surface area contributed by atoms with Crippen molar-refractivity contribution in [3.8, 4) is 0 Å². The maximum absolute atomic E-state index is 5.85. The molecule has 0 N–H and O–H groups in total. The molecule has 0 aromatic rings. The van der Waals surface area contributed by atoms with Gasteiger partial charge in [-0.2, -0.15) is 0 Å². The van der Waals surface area contributed by atoms with Gasteiger partial charge < -0.3 is 18.4 Å². The molecule has 0 aliphatic carbocycles. The summed E-state index contributed by atoms with van der Waals surface area (Å²) in [4.78, 5) is 0. The summed E-state index contributed by atoms with van der Waals surface area (Å²) in [6, 6.07) is 0. The van der Waals surface area contributed by atoms with Gasteiger partial charge in [0.05, 0.1) is 54.6 Å². The van der Waals surface area contributed by atoms with Crippen LogP contribution in [0.15, 0.2) is 0 Å². The van der Waals surface area contributed by atoms with Gasteiger partial charge in [0.15, 0.2) is 0 Å². The van der Waals surface area contributed by atoms with Gasteiger partial charge in [-0.15, -0.1) is 0 Å². The Morgan fingerprint density at radius 2 is 1.10 bits per heavy atom. The van der Waals surface area contributed by atoms with Crippen LogP contribution < -0.4 is 0 Å². The zero-order valence-corrected chi connectivity index (χ0v) is 15.5. The van der Waals surface area contributed by atoms with Crippen LogP contribution in [0.4, 0.5) is 0 Å². The number of quaternary nitrogens is 2. The second kappa shape index (κ2) is 11.4.